The third-order valence-corrected chi connectivity index (χ3v) is 5.67. The minimum absolute atomic E-state index is 0.903. The van der Waals surface area contributed by atoms with Crippen LogP contribution in [-0.4, -0.2) is 37.8 Å². The van der Waals surface area contributed by atoms with Crippen LogP contribution in [0.5, 0.6) is 5.75 Å². The van der Waals surface area contributed by atoms with Gasteiger partial charge in [0.05, 0.1) is 5.71 Å². The van der Waals surface area contributed by atoms with Crippen LogP contribution in [0.4, 0.5) is 11.4 Å². The number of ether oxygens (including phenoxy) is 1. The van der Waals surface area contributed by atoms with Gasteiger partial charge in [-0.1, -0.05) is 0 Å². The zero-order valence-corrected chi connectivity index (χ0v) is 14.4. The summed E-state index contributed by atoms with van der Waals surface area (Å²) in [5.74, 6) is 1.84. The number of likely N-dealkylation sites (N-methyl/N-ethyl adjacent to an activating group) is 1. The maximum absolute atomic E-state index is 6.29. The number of hydrogen-bond acceptors (Lipinski definition) is 4. The van der Waals surface area contributed by atoms with Crippen LogP contribution in [-0.2, 0) is 6.42 Å². The molecule has 1 aliphatic carbocycles. The lowest BCUT2D eigenvalue weighted by atomic mass is 9.91. The summed E-state index contributed by atoms with van der Waals surface area (Å²) in [6.07, 6.45) is 7.91. The molecule has 0 bridgehead atoms. The summed E-state index contributed by atoms with van der Waals surface area (Å²) in [4.78, 5) is 9.64. The molecule has 0 saturated heterocycles. The zero-order valence-electron chi connectivity index (χ0n) is 14.4. The van der Waals surface area contributed by atoms with Gasteiger partial charge in [-0.2, -0.15) is 0 Å². The van der Waals surface area contributed by atoms with Gasteiger partial charge in [0.1, 0.15) is 5.69 Å². The first-order valence-electron chi connectivity index (χ1n) is 8.98. The Morgan fingerprint density at radius 1 is 1.04 bits per heavy atom. The van der Waals surface area contributed by atoms with E-state index in [-0.39, 0.29) is 0 Å². The monoisotopic (exact) mass is 321 g/mol. The van der Waals surface area contributed by atoms with Crippen LogP contribution in [0.1, 0.15) is 31.2 Å². The minimum atomic E-state index is 0.903. The molecule has 4 aliphatic rings. The molecule has 0 N–H and O–H groups in total. The van der Waals surface area contributed by atoms with E-state index in [1.165, 1.54) is 41.8 Å². The Labute approximate surface area is 143 Å². The summed E-state index contributed by atoms with van der Waals surface area (Å²) in [6.45, 7) is 2.24. The van der Waals surface area contributed by atoms with Crippen LogP contribution in [0.2, 0.25) is 0 Å². The second-order valence-corrected chi connectivity index (χ2v) is 7.33. The molecule has 0 saturated carbocycles. The van der Waals surface area contributed by atoms with Crippen molar-refractivity contribution in [2.45, 2.75) is 32.1 Å². The van der Waals surface area contributed by atoms with E-state index in [1.54, 1.807) is 0 Å². The number of fused-ring (bicyclic) bond motifs is 3. The topological polar surface area (TPSA) is 28.1 Å². The Morgan fingerprint density at radius 2 is 1.88 bits per heavy atom. The average molecular weight is 321 g/mol. The zero-order chi connectivity index (χ0) is 16.3. The Balaban J connectivity index is 1.57. The summed E-state index contributed by atoms with van der Waals surface area (Å²) >= 11 is 0. The summed E-state index contributed by atoms with van der Waals surface area (Å²) in [5.41, 5.74) is 7.65. The molecule has 3 aliphatic heterocycles. The number of aliphatic imine (C=N–C) groups is 1. The lowest BCUT2D eigenvalue weighted by Gasteiger charge is -2.34. The van der Waals surface area contributed by atoms with E-state index in [2.05, 4.69) is 42.1 Å². The predicted molar refractivity (Wildman–Crippen MR) is 97.3 cm³/mol. The van der Waals surface area contributed by atoms with Crippen LogP contribution in [0.15, 0.2) is 40.2 Å². The van der Waals surface area contributed by atoms with Gasteiger partial charge in [-0.3, -0.25) is 0 Å². The second kappa shape index (κ2) is 5.13. The Bertz CT molecular complexity index is 818. The molecule has 24 heavy (non-hydrogen) atoms. The first-order chi connectivity index (χ1) is 11.7. The molecule has 3 heterocycles. The third kappa shape index (κ3) is 2.09. The average Bonchev–Trinajstić information content (AvgIpc) is 2.58. The third-order valence-electron chi connectivity index (χ3n) is 5.67. The van der Waals surface area contributed by atoms with Gasteiger partial charge in [0, 0.05) is 57.1 Å². The maximum Gasteiger partial charge on any atom is 0.155 e. The van der Waals surface area contributed by atoms with Crippen LogP contribution in [0.25, 0.3) is 0 Å². The molecule has 0 aromatic heterocycles. The number of hydrogen-bond donors (Lipinski definition) is 0. The van der Waals surface area contributed by atoms with Crippen LogP contribution >= 0.6 is 0 Å². The highest BCUT2D eigenvalue weighted by Crippen LogP contribution is 2.43. The van der Waals surface area contributed by atoms with E-state index in [0.717, 1.165) is 48.8 Å². The van der Waals surface area contributed by atoms with Crippen LogP contribution < -0.4 is 9.64 Å². The van der Waals surface area contributed by atoms with Crippen molar-refractivity contribution in [3.63, 3.8) is 0 Å². The molecule has 0 atom stereocenters. The van der Waals surface area contributed by atoms with Gasteiger partial charge in [-0.05, 0) is 42.9 Å². The number of nitrogens with zero attached hydrogens (tertiary/aromatic N) is 3. The minimum Gasteiger partial charge on any atom is -0.453 e. The lowest BCUT2D eigenvalue weighted by molar-refractivity contribution is 0.377. The molecular weight excluding hydrogens is 298 g/mol. The van der Waals surface area contributed by atoms with E-state index in [4.69, 9.17) is 9.73 Å². The van der Waals surface area contributed by atoms with Gasteiger partial charge in [0.2, 0.25) is 0 Å². The fourth-order valence-electron chi connectivity index (χ4n) is 4.34. The van der Waals surface area contributed by atoms with Crippen molar-refractivity contribution in [1.29, 1.82) is 0 Å². The highest BCUT2D eigenvalue weighted by atomic mass is 16.5. The molecule has 0 unspecified atom stereocenters. The van der Waals surface area contributed by atoms with Crippen LogP contribution in [0.3, 0.4) is 0 Å². The summed E-state index contributed by atoms with van der Waals surface area (Å²) in [7, 11) is 4.34. The van der Waals surface area contributed by atoms with Crippen molar-refractivity contribution in [1.82, 2.24) is 4.90 Å². The second-order valence-electron chi connectivity index (χ2n) is 7.33. The highest BCUT2D eigenvalue weighted by molar-refractivity contribution is 6.05. The summed E-state index contributed by atoms with van der Waals surface area (Å²) < 4.78 is 6.29. The molecule has 4 heteroatoms. The first kappa shape index (κ1) is 14.1. The molecule has 4 nitrogen and oxygen atoms in total. The van der Waals surface area contributed by atoms with Crippen molar-refractivity contribution in [3.05, 3.63) is 40.8 Å². The van der Waals surface area contributed by atoms with Gasteiger partial charge >= 0.3 is 0 Å². The SMILES string of the molecule is CN1CCCC2=C1C=C1Oc3cc4c(cc3N=C1C2)CCCN4C. The van der Waals surface area contributed by atoms with E-state index in [1.807, 2.05) is 0 Å². The molecule has 124 valence electrons. The van der Waals surface area contributed by atoms with E-state index in [9.17, 15) is 0 Å². The van der Waals surface area contributed by atoms with Gasteiger partial charge in [0.25, 0.3) is 0 Å². The van der Waals surface area contributed by atoms with Gasteiger partial charge in [-0.25, -0.2) is 4.99 Å². The van der Waals surface area contributed by atoms with E-state index < -0.39 is 0 Å². The van der Waals surface area contributed by atoms with Crippen molar-refractivity contribution in [2.24, 2.45) is 4.99 Å². The number of rotatable bonds is 0. The van der Waals surface area contributed by atoms with Crippen molar-refractivity contribution < 1.29 is 4.74 Å². The molecule has 1 aromatic rings. The molecule has 0 radical (unpaired) electrons. The van der Waals surface area contributed by atoms with Gasteiger partial charge in [0.15, 0.2) is 11.5 Å². The Kier molecular flexibility index (Phi) is 3.02. The number of benzene rings is 1. The van der Waals surface area contributed by atoms with Crippen molar-refractivity contribution >= 4 is 17.1 Å². The molecule has 5 rings (SSSR count). The normalized spacial score (nSPS) is 21.9. The van der Waals surface area contributed by atoms with Gasteiger partial charge < -0.3 is 14.5 Å². The highest BCUT2D eigenvalue weighted by Gasteiger charge is 2.29. The van der Waals surface area contributed by atoms with E-state index in [0.29, 0.717) is 0 Å². The fourth-order valence-corrected chi connectivity index (χ4v) is 4.34. The fraction of sp³-hybridized carbons (Fsp3) is 0.450. The standard InChI is InChI=1S/C20H23N3O/c1-22-7-3-5-13-9-15-19(11-17(13)22)24-20-12-18-14(10-16(20)21-15)6-4-8-23(18)2/h9,11-12H,3-8,10H2,1-2H3. The number of anilines is 1. The quantitative estimate of drug-likeness (QED) is 0.727. The number of allylic oxidation sites excluding steroid dienone is 3. The lowest BCUT2D eigenvalue weighted by Crippen LogP contribution is -2.29. The molecular formula is C20H23N3O. The Hall–Kier alpha value is -2.23. The molecule has 1 aromatic carbocycles. The van der Waals surface area contributed by atoms with Crippen molar-refractivity contribution in [2.75, 3.05) is 32.1 Å². The molecule has 0 fully saturated rings. The predicted octanol–water partition coefficient (Wildman–Crippen LogP) is 3.80. The summed E-state index contributed by atoms with van der Waals surface area (Å²) in [5, 5.41) is 0. The van der Waals surface area contributed by atoms with E-state index >= 15 is 0 Å². The van der Waals surface area contributed by atoms with Crippen molar-refractivity contribution in [3.8, 4) is 5.75 Å². The van der Waals surface area contributed by atoms with Crippen LogP contribution in [0, 0.1) is 0 Å². The largest absolute Gasteiger partial charge is 0.453 e. The molecule has 0 amide bonds. The Morgan fingerprint density at radius 3 is 2.79 bits per heavy atom. The summed E-state index contributed by atoms with van der Waals surface area (Å²) in [6, 6.07) is 4.42. The maximum atomic E-state index is 6.29. The number of aryl methyl sites for hydroxylation is 1. The first-order valence-corrected chi connectivity index (χ1v) is 8.98. The van der Waals surface area contributed by atoms with Gasteiger partial charge in [-0.15, -0.1) is 0 Å². The molecule has 0 spiro atoms. The smallest absolute Gasteiger partial charge is 0.155 e.